The molecule has 0 aromatic heterocycles. The van der Waals surface area contributed by atoms with Crippen LogP contribution >= 0.6 is 11.6 Å². The second kappa shape index (κ2) is 8.45. The third-order valence-electron chi connectivity index (χ3n) is 3.99. The zero-order valence-corrected chi connectivity index (χ0v) is 15.2. The van der Waals surface area contributed by atoms with Crippen LogP contribution in [-0.4, -0.2) is 16.7 Å². The van der Waals surface area contributed by atoms with E-state index in [1.165, 1.54) is 36.4 Å². The van der Waals surface area contributed by atoms with Gasteiger partial charge in [0.25, 0.3) is 5.69 Å². The molecule has 0 amide bonds. The van der Waals surface area contributed by atoms with Gasteiger partial charge in [0.05, 0.1) is 10.5 Å². The molecule has 6 nitrogen and oxygen atoms in total. The van der Waals surface area contributed by atoms with Crippen molar-refractivity contribution < 1.29 is 19.2 Å². The van der Waals surface area contributed by atoms with Crippen molar-refractivity contribution in [3.63, 3.8) is 0 Å². The first-order chi connectivity index (χ1) is 13.5. The minimum Gasteiger partial charge on any atom is -0.445 e. The third kappa shape index (κ3) is 4.42. The zero-order valence-electron chi connectivity index (χ0n) is 14.4. The molecule has 0 saturated heterocycles. The van der Waals surface area contributed by atoms with Crippen LogP contribution < -0.4 is 0 Å². The molecule has 0 saturated carbocycles. The van der Waals surface area contributed by atoms with Crippen LogP contribution in [-0.2, 0) is 4.74 Å². The van der Waals surface area contributed by atoms with Crippen molar-refractivity contribution in [3.8, 4) is 0 Å². The van der Waals surface area contributed by atoms with Crippen molar-refractivity contribution in [2.24, 2.45) is 0 Å². The summed E-state index contributed by atoms with van der Waals surface area (Å²) in [6, 6.07) is 19.8. The highest BCUT2D eigenvalue weighted by atomic mass is 35.5. The molecule has 3 aromatic carbocycles. The van der Waals surface area contributed by atoms with E-state index >= 15 is 0 Å². The summed E-state index contributed by atoms with van der Waals surface area (Å²) in [6.07, 6.45) is -1.25. The number of hydrogen-bond acceptors (Lipinski definition) is 5. The third-order valence-corrected chi connectivity index (χ3v) is 4.22. The van der Waals surface area contributed by atoms with Crippen LogP contribution in [0, 0.1) is 10.1 Å². The molecule has 0 unspecified atom stereocenters. The number of rotatable bonds is 6. The molecule has 3 rings (SSSR count). The minimum atomic E-state index is -1.25. The van der Waals surface area contributed by atoms with Crippen molar-refractivity contribution in [1.82, 2.24) is 0 Å². The topological polar surface area (TPSA) is 86.5 Å². The van der Waals surface area contributed by atoms with Crippen molar-refractivity contribution in [2.45, 2.75) is 6.10 Å². The number of benzene rings is 3. The van der Waals surface area contributed by atoms with Crippen LogP contribution in [0.1, 0.15) is 32.4 Å². The molecular formula is C21H14ClNO5. The number of nitro groups is 1. The van der Waals surface area contributed by atoms with Gasteiger partial charge in [0, 0.05) is 28.3 Å². The van der Waals surface area contributed by atoms with Crippen molar-refractivity contribution in [3.05, 3.63) is 111 Å². The SMILES string of the molecule is O=C(O[C@@H](C(=O)c1ccccc1)c1ccc([N+](=O)[O-])cc1)c1cccc(Cl)c1. The van der Waals surface area contributed by atoms with E-state index in [2.05, 4.69) is 0 Å². The van der Waals surface area contributed by atoms with Gasteiger partial charge in [0.1, 0.15) is 0 Å². The molecule has 0 heterocycles. The second-order valence-electron chi connectivity index (χ2n) is 5.87. The largest absolute Gasteiger partial charge is 0.445 e. The lowest BCUT2D eigenvalue weighted by molar-refractivity contribution is -0.384. The molecule has 0 spiro atoms. The molecule has 28 heavy (non-hydrogen) atoms. The summed E-state index contributed by atoms with van der Waals surface area (Å²) in [5.41, 5.74) is 0.746. The molecule has 140 valence electrons. The highest BCUT2D eigenvalue weighted by Crippen LogP contribution is 2.26. The molecule has 7 heteroatoms. The summed E-state index contributed by atoms with van der Waals surface area (Å²) in [4.78, 5) is 35.8. The number of nitro benzene ring substituents is 1. The van der Waals surface area contributed by atoms with Gasteiger partial charge in [-0.3, -0.25) is 14.9 Å². The monoisotopic (exact) mass is 395 g/mol. The van der Waals surface area contributed by atoms with Crippen LogP contribution in [0.5, 0.6) is 0 Å². The van der Waals surface area contributed by atoms with Crippen LogP contribution in [0.15, 0.2) is 78.9 Å². The maximum Gasteiger partial charge on any atom is 0.339 e. The molecule has 0 aliphatic carbocycles. The molecule has 0 bridgehead atoms. The fourth-order valence-corrected chi connectivity index (χ4v) is 2.78. The van der Waals surface area contributed by atoms with Gasteiger partial charge < -0.3 is 4.74 Å². The van der Waals surface area contributed by atoms with E-state index in [0.717, 1.165) is 0 Å². The van der Waals surface area contributed by atoms with E-state index in [1.807, 2.05) is 0 Å². The number of carbonyl (C=O) groups is 2. The van der Waals surface area contributed by atoms with E-state index in [0.29, 0.717) is 16.1 Å². The molecular weight excluding hydrogens is 382 g/mol. The lowest BCUT2D eigenvalue weighted by atomic mass is 9.99. The molecule has 0 aliphatic heterocycles. The Morgan fingerprint density at radius 2 is 1.54 bits per heavy atom. The summed E-state index contributed by atoms with van der Waals surface area (Å²) >= 11 is 5.91. The van der Waals surface area contributed by atoms with Gasteiger partial charge in [0.2, 0.25) is 5.78 Å². The van der Waals surface area contributed by atoms with Gasteiger partial charge in [-0.2, -0.15) is 0 Å². The Morgan fingerprint density at radius 1 is 0.893 bits per heavy atom. The lowest BCUT2D eigenvalue weighted by Crippen LogP contribution is -2.20. The second-order valence-corrected chi connectivity index (χ2v) is 6.31. The Hall–Kier alpha value is -3.51. The molecule has 0 aliphatic rings. The molecule has 3 aromatic rings. The number of hydrogen-bond donors (Lipinski definition) is 0. The lowest BCUT2D eigenvalue weighted by Gasteiger charge is -2.17. The average molecular weight is 396 g/mol. The molecule has 1 atom stereocenters. The smallest absolute Gasteiger partial charge is 0.339 e. The fraction of sp³-hybridized carbons (Fsp3) is 0.0476. The number of Topliss-reactive ketones (excluding diaryl/α,β-unsaturated/α-hetero) is 1. The maximum absolute atomic E-state index is 13.0. The number of halogens is 1. The van der Waals surface area contributed by atoms with Crippen molar-refractivity contribution >= 4 is 29.0 Å². The number of carbonyl (C=O) groups excluding carboxylic acids is 2. The highest BCUT2D eigenvalue weighted by Gasteiger charge is 2.27. The predicted octanol–water partition coefficient (Wildman–Crippen LogP) is 5.03. The molecule has 0 fully saturated rings. The number of nitrogens with zero attached hydrogens (tertiary/aromatic N) is 1. The number of ketones is 1. The average Bonchev–Trinajstić information content (AvgIpc) is 2.72. The molecule has 0 N–H and O–H groups in total. The van der Waals surface area contributed by atoms with Crippen LogP contribution in [0.25, 0.3) is 0 Å². The maximum atomic E-state index is 13.0. The van der Waals surface area contributed by atoms with Gasteiger partial charge in [0.15, 0.2) is 6.10 Å². The zero-order chi connectivity index (χ0) is 20.1. The van der Waals surface area contributed by atoms with E-state index in [-0.39, 0.29) is 11.3 Å². The summed E-state index contributed by atoms with van der Waals surface area (Å²) in [6.45, 7) is 0. The molecule has 0 radical (unpaired) electrons. The Bertz CT molecular complexity index is 1020. The van der Waals surface area contributed by atoms with E-state index < -0.39 is 22.8 Å². The Labute approximate surface area is 165 Å². The van der Waals surface area contributed by atoms with Crippen LogP contribution in [0.4, 0.5) is 5.69 Å². The number of non-ortho nitro benzene ring substituents is 1. The predicted molar refractivity (Wildman–Crippen MR) is 103 cm³/mol. The fourth-order valence-electron chi connectivity index (χ4n) is 2.59. The van der Waals surface area contributed by atoms with Gasteiger partial charge in [-0.05, 0) is 30.3 Å². The number of esters is 1. The van der Waals surface area contributed by atoms with Crippen molar-refractivity contribution in [1.29, 1.82) is 0 Å². The van der Waals surface area contributed by atoms with Crippen molar-refractivity contribution in [2.75, 3.05) is 0 Å². The van der Waals surface area contributed by atoms with E-state index in [9.17, 15) is 19.7 Å². The first kappa shape index (κ1) is 19.3. The van der Waals surface area contributed by atoms with Gasteiger partial charge >= 0.3 is 5.97 Å². The van der Waals surface area contributed by atoms with Crippen LogP contribution in [0.3, 0.4) is 0 Å². The number of ether oxygens (including phenoxy) is 1. The summed E-state index contributed by atoms with van der Waals surface area (Å²) in [5.74, 6) is -1.17. The standard InChI is InChI=1S/C21H14ClNO5/c22-17-8-4-7-16(13-17)21(25)28-20(19(24)14-5-2-1-3-6-14)15-9-11-18(12-10-15)23(26)27/h1-13,20H/t20-/m1/s1. The Balaban J connectivity index is 1.95. The van der Waals surface area contributed by atoms with Gasteiger partial charge in [-0.25, -0.2) is 4.79 Å². The first-order valence-corrected chi connectivity index (χ1v) is 8.63. The van der Waals surface area contributed by atoms with Crippen LogP contribution in [0.2, 0.25) is 5.02 Å². The van der Waals surface area contributed by atoms with E-state index in [4.69, 9.17) is 16.3 Å². The Morgan fingerprint density at radius 3 is 2.14 bits per heavy atom. The summed E-state index contributed by atoms with van der Waals surface area (Å²) < 4.78 is 5.48. The quantitative estimate of drug-likeness (QED) is 0.253. The van der Waals surface area contributed by atoms with E-state index in [1.54, 1.807) is 42.5 Å². The minimum absolute atomic E-state index is 0.129. The first-order valence-electron chi connectivity index (χ1n) is 8.26. The highest BCUT2D eigenvalue weighted by molar-refractivity contribution is 6.30. The Kier molecular flexibility index (Phi) is 5.81. The normalized spacial score (nSPS) is 11.5. The summed E-state index contributed by atoms with van der Waals surface area (Å²) in [5, 5.41) is 11.2. The summed E-state index contributed by atoms with van der Waals surface area (Å²) in [7, 11) is 0. The van der Waals surface area contributed by atoms with Gasteiger partial charge in [-0.1, -0.05) is 48.0 Å². The van der Waals surface area contributed by atoms with Gasteiger partial charge in [-0.15, -0.1) is 0 Å².